The highest BCUT2D eigenvalue weighted by atomic mass is 16.6. The van der Waals surface area contributed by atoms with Crippen molar-refractivity contribution < 1.29 is 14.1 Å². The fourth-order valence-electron chi connectivity index (χ4n) is 5.57. The van der Waals surface area contributed by atoms with Crippen LogP contribution in [0.15, 0.2) is 29.0 Å². The van der Waals surface area contributed by atoms with Gasteiger partial charge in [0.1, 0.15) is 0 Å². The van der Waals surface area contributed by atoms with E-state index in [1.807, 2.05) is 25.4 Å². The second-order valence-corrected chi connectivity index (χ2v) is 11.3. The van der Waals surface area contributed by atoms with Crippen molar-refractivity contribution in [3.05, 3.63) is 41.3 Å². The summed E-state index contributed by atoms with van der Waals surface area (Å²) in [5.74, 6) is 0.763. The fourth-order valence-corrected chi connectivity index (χ4v) is 5.57. The van der Waals surface area contributed by atoms with Crippen LogP contribution in [0.4, 0.5) is 10.7 Å². The van der Waals surface area contributed by atoms with Gasteiger partial charge in [0.25, 0.3) is 0 Å². The lowest BCUT2D eigenvalue weighted by Crippen LogP contribution is -2.40. The first-order chi connectivity index (χ1) is 16.5. The Kier molecular flexibility index (Phi) is 6.63. The van der Waals surface area contributed by atoms with Crippen LogP contribution in [-0.2, 0) is 16.7 Å². The van der Waals surface area contributed by atoms with E-state index in [1.54, 1.807) is 11.0 Å². The molecule has 0 saturated heterocycles. The summed E-state index contributed by atoms with van der Waals surface area (Å²) in [6, 6.07) is 7.83. The monoisotopic (exact) mass is 477 g/mol. The number of anilines is 1. The summed E-state index contributed by atoms with van der Waals surface area (Å²) in [7, 11) is 1.40. The lowest BCUT2D eigenvalue weighted by Gasteiger charge is -2.39. The molecule has 8 nitrogen and oxygen atoms in total. The third kappa shape index (κ3) is 5.04. The average molecular weight is 478 g/mol. The Balaban J connectivity index is 1.55. The van der Waals surface area contributed by atoms with E-state index in [0.29, 0.717) is 23.9 Å². The quantitative estimate of drug-likeness (QED) is 0.449. The van der Waals surface area contributed by atoms with Crippen molar-refractivity contribution >= 4 is 23.0 Å². The van der Waals surface area contributed by atoms with Crippen LogP contribution in [0.3, 0.4) is 0 Å². The van der Waals surface area contributed by atoms with Crippen LogP contribution >= 0.6 is 0 Å². The molecule has 2 atom stereocenters. The van der Waals surface area contributed by atoms with E-state index in [-0.39, 0.29) is 10.8 Å². The summed E-state index contributed by atoms with van der Waals surface area (Å²) < 4.78 is 13.0. The molecule has 4 rings (SSSR count). The highest BCUT2D eigenvalue weighted by Crippen LogP contribution is 2.42. The predicted octanol–water partition coefficient (Wildman–Crippen LogP) is 5.97. The molecule has 1 amide bonds. The molecule has 8 heteroatoms. The highest BCUT2D eigenvalue weighted by molar-refractivity contribution is 5.86. The van der Waals surface area contributed by atoms with Gasteiger partial charge in [0.15, 0.2) is 0 Å². The number of rotatable bonds is 5. The third-order valence-electron chi connectivity index (χ3n) is 7.17. The van der Waals surface area contributed by atoms with Gasteiger partial charge in [-0.25, -0.2) is 14.7 Å². The minimum absolute atomic E-state index is 0.0357. The molecule has 0 N–H and O–H groups in total. The standard InChI is InChI=1S/C27H35N5O3/c1-18-23(26(2,3)4)30-35-24(18)32(25(33)34-6)15-20-8-7-11-27(5,13-20)16-31-17-29-21-10-9-19(14-28)12-22(21)31/h9-10,12,17,20H,7-8,11,13,15-16H2,1-6H3/t20?,27-/m0/s1. The number of aromatic nitrogens is 3. The molecular weight excluding hydrogens is 442 g/mol. The van der Waals surface area contributed by atoms with Crippen LogP contribution in [0.2, 0.25) is 0 Å². The van der Waals surface area contributed by atoms with E-state index >= 15 is 0 Å². The maximum atomic E-state index is 12.8. The number of imidazole rings is 1. The maximum Gasteiger partial charge on any atom is 0.416 e. The largest absolute Gasteiger partial charge is 0.452 e. The van der Waals surface area contributed by atoms with E-state index in [1.165, 1.54) is 7.11 Å². The first kappa shape index (κ1) is 24.8. The van der Waals surface area contributed by atoms with E-state index < -0.39 is 6.09 Å². The number of hydrogen-bond donors (Lipinski definition) is 0. The first-order valence-electron chi connectivity index (χ1n) is 12.2. The zero-order chi connectivity index (χ0) is 25.4. The van der Waals surface area contributed by atoms with Crippen LogP contribution in [-0.4, -0.2) is 34.5 Å². The van der Waals surface area contributed by atoms with Gasteiger partial charge < -0.3 is 13.8 Å². The van der Waals surface area contributed by atoms with Crippen LogP contribution in [0.1, 0.15) is 70.2 Å². The first-order valence-corrected chi connectivity index (χ1v) is 12.2. The summed E-state index contributed by atoms with van der Waals surface area (Å²) in [4.78, 5) is 18.9. The molecule has 186 valence electrons. The molecule has 1 aliphatic carbocycles. The molecule has 0 radical (unpaired) electrons. The van der Waals surface area contributed by atoms with Gasteiger partial charge in [-0.15, -0.1) is 0 Å². The number of nitriles is 1. The molecular formula is C27H35N5O3. The van der Waals surface area contributed by atoms with E-state index in [9.17, 15) is 10.1 Å². The smallest absolute Gasteiger partial charge is 0.416 e. The topological polar surface area (TPSA) is 97.2 Å². The van der Waals surface area contributed by atoms with Crippen LogP contribution in [0.5, 0.6) is 0 Å². The Morgan fingerprint density at radius 2 is 2.17 bits per heavy atom. The Hall–Kier alpha value is -3.34. The molecule has 1 aromatic carbocycles. The SMILES string of the molecule is COC(=O)N(CC1CCC[C@](C)(Cn2cnc3ccc(C#N)cc32)C1)c1onc(C(C)(C)C)c1C. The maximum absolute atomic E-state index is 12.8. The van der Waals surface area contributed by atoms with Gasteiger partial charge >= 0.3 is 6.09 Å². The molecule has 1 fully saturated rings. The summed E-state index contributed by atoms with van der Waals surface area (Å²) in [6.45, 7) is 11.8. The molecule has 1 saturated carbocycles. The Bertz CT molecular complexity index is 1260. The summed E-state index contributed by atoms with van der Waals surface area (Å²) in [5.41, 5.74) is 4.09. The second kappa shape index (κ2) is 9.37. The van der Waals surface area contributed by atoms with E-state index in [0.717, 1.165) is 54.5 Å². The van der Waals surface area contributed by atoms with Crippen LogP contribution in [0, 0.1) is 29.6 Å². The van der Waals surface area contributed by atoms with Gasteiger partial charge in [-0.1, -0.05) is 39.3 Å². The Morgan fingerprint density at radius 3 is 2.83 bits per heavy atom. The Morgan fingerprint density at radius 1 is 1.40 bits per heavy atom. The third-order valence-corrected chi connectivity index (χ3v) is 7.17. The number of nitrogens with zero attached hydrogens (tertiary/aromatic N) is 5. The Labute approximate surface area is 206 Å². The average Bonchev–Trinajstić information content (AvgIpc) is 3.39. The molecule has 1 aliphatic rings. The summed E-state index contributed by atoms with van der Waals surface area (Å²) in [6.07, 6.45) is 5.60. The number of carbonyl (C=O) groups excluding carboxylic acids is 1. The van der Waals surface area contributed by atoms with Gasteiger partial charge in [0.05, 0.1) is 41.8 Å². The minimum Gasteiger partial charge on any atom is -0.452 e. The van der Waals surface area contributed by atoms with Gasteiger partial charge in [0, 0.05) is 24.1 Å². The normalized spacial score (nSPS) is 20.5. The highest BCUT2D eigenvalue weighted by Gasteiger charge is 2.37. The van der Waals surface area contributed by atoms with Crippen LogP contribution in [0.25, 0.3) is 11.0 Å². The van der Waals surface area contributed by atoms with Crippen molar-refractivity contribution in [1.29, 1.82) is 5.26 Å². The molecule has 0 bridgehead atoms. The van der Waals surface area contributed by atoms with E-state index in [2.05, 4.69) is 48.5 Å². The number of benzene rings is 1. The molecule has 2 heterocycles. The van der Waals surface area contributed by atoms with Crippen molar-refractivity contribution in [2.24, 2.45) is 11.3 Å². The number of hydrogen-bond acceptors (Lipinski definition) is 6. The van der Waals surface area contributed by atoms with Crippen molar-refractivity contribution in [3.63, 3.8) is 0 Å². The molecule has 3 aromatic rings. The van der Waals surface area contributed by atoms with Gasteiger partial charge in [-0.3, -0.25) is 0 Å². The number of amides is 1. The zero-order valence-electron chi connectivity index (χ0n) is 21.6. The number of methoxy groups -OCH3 is 1. The molecule has 2 aromatic heterocycles. The lowest BCUT2D eigenvalue weighted by atomic mass is 9.70. The number of carbonyl (C=O) groups is 1. The molecule has 1 unspecified atom stereocenters. The molecule has 0 spiro atoms. The molecule has 0 aliphatic heterocycles. The van der Waals surface area contributed by atoms with E-state index in [4.69, 9.17) is 9.26 Å². The zero-order valence-corrected chi connectivity index (χ0v) is 21.6. The summed E-state index contributed by atoms with van der Waals surface area (Å²) in [5, 5.41) is 13.6. The lowest BCUT2D eigenvalue weighted by molar-refractivity contribution is 0.133. The van der Waals surface area contributed by atoms with Gasteiger partial charge in [0.2, 0.25) is 5.88 Å². The predicted molar refractivity (Wildman–Crippen MR) is 134 cm³/mol. The van der Waals surface area contributed by atoms with Crippen molar-refractivity contribution in [2.75, 3.05) is 18.6 Å². The van der Waals surface area contributed by atoms with Crippen molar-refractivity contribution in [2.45, 2.75) is 72.3 Å². The number of fused-ring (bicyclic) bond motifs is 1. The summed E-state index contributed by atoms with van der Waals surface area (Å²) >= 11 is 0. The number of ether oxygens (including phenoxy) is 1. The fraction of sp³-hybridized carbons (Fsp3) is 0.556. The minimum atomic E-state index is -0.429. The second-order valence-electron chi connectivity index (χ2n) is 11.3. The van der Waals surface area contributed by atoms with Gasteiger partial charge in [-0.2, -0.15) is 5.26 Å². The van der Waals surface area contributed by atoms with Crippen molar-refractivity contribution in [1.82, 2.24) is 14.7 Å². The van der Waals surface area contributed by atoms with Crippen LogP contribution < -0.4 is 4.90 Å². The molecule has 35 heavy (non-hydrogen) atoms. The van der Waals surface area contributed by atoms with Gasteiger partial charge in [-0.05, 0) is 55.7 Å². The van der Waals surface area contributed by atoms with Crippen molar-refractivity contribution in [3.8, 4) is 6.07 Å².